The number of aryl methyl sites for hydroxylation is 1. The van der Waals surface area contributed by atoms with Crippen LogP contribution in [0.5, 0.6) is 5.75 Å². The second-order valence-electron chi connectivity index (χ2n) is 5.21. The maximum Gasteiger partial charge on any atom is 0.311 e. The van der Waals surface area contributed by atoms with Crippen LogP contribution >= 0.6 is 0 Å². The first-order valence-corrected chi connectivity index (χ1v) is 6.79. The van der Waals surface area contributed by atoms with E-state index < -0.39 is 4.92 Å². The number of benzene rings is 1. The highest BCUT2D eigenvalue weighted by Gasteiger charge is 2.21. The molecule has 0 radical (unpaired) electrons. The van der Waals surface area contributed by atoms with E-state index in [1.54, 1.807) is 12.1 Å². The van der Waals surface area contributed by atoms with E-state index in [4.69, 9.17) is 4.74 Å². The monoisotopic (exact) mass is 279 g/mol. The van der Waals surface area contributed by atoms with Gasteiger partial charge in [-0.2, -0.15) is 0 Å². The molecule has 1 fully saturated rings. The minimum Gasteiger partial charge on any atom is -0.490 e. The average Bonchev–Trinajstić information content (AvgIpc) is 2.63. The van der Waals surface area contributed by atoms with E-state index in [1.807, 2.05) is 6.92 Å². The van der Waals surface area contributed by atoms with Gasteiger partial charge in [0.1, 0.15) is 0 Å². The first kappa shape index (κ1) is 14.6. The lowest BCUT2D eigenvalue weighted by atomic mass is 10.1. The van der Waals surface area contributed by atoms with Crippen molar-refractivity contribution in [3.8, 4) is 5.75 Å². The van der Waals surface area contributed by atoms with Crippen LogP contribution in [0.15, 0.2) is 12.1 Å². The average molecular weight is 279 g/mol. The SMILES string of the molecule is COc1cc(N2CCCN(C)CC2)c(C)cc1[N+](=O)[O-]. The van der Waals surface area contributed by atoms with Gasteiger partial charge in [-0.05, 0) is 32.5 Å². The van der Waals surface area contributed by atoms with Crippen molar-refractivity contribution in [3.05, 3.63) is 27.8 Å². The standard InChI is InChI=1S/C14H21N3O3/c1-11-9-13(17(18)19)14(20-3)10-12(11)16-6-4-5-15(2)7-8-16/h9-10H,4-8H2,1-3H3. The third-order valence-corrected chi connectivity index (χ3v) is 3.75. The second kappa shape index (κ2) is 6.09. The molecule has 110 valence electrons. The van der Waals surface area contributed by atoms with Crippen LogP contribution in [-0.2, 0) is 0 Å². The number of hydrogen-bond donors (Lipinski definition) is 0. The largest absolute Gasteiger partial charge is 0.490 e. The summed E-state index contributed by atoms with van der Waals surface area (Å²) in [5.74, 6) is 0.327. The third kappa shape index (κ3) is 3.01. The van der Waals surface area contributed by atoms with Gasteiger partial charge in [-0.25, -0.2) is 0 Å². The van der Waals surface area contributed by atoms with Gasteiger partial charge in [-0.3, -0.25) is 10.1 Å². The molecule has 6 heteroatoms. The summed E-state index contributed by atoms with van der Waals surface area (Å²) >= 11 is 0. The number of ether oxygens (including phenoxy) is 1. The zero-order valence-corrected chi connectivity index (χ0v) is 12.3. The highest BCUT2D eigenvalue weighted by molar-refractivity contribution is 5.64. The van der Waals surface area contributed by atoms with Gasteiger partial charge < -0.3 is 14.5 Å². The Hall–Kier alpha value is -1.82. The van der Waals surface area contributed by atoms with Gasteiger partial charge in [0.25, 0.3) is 0 Å². The molecule has 0 N–H and O–H groups in total. The summed E-state index contributed by atoms with van der Waals surface area (Å²) in [6.07, 6.45) is 1.09. The Kier molecular flexibility index (Phi) is 4.44. The fourth-order valence-corrected chi connectivity index (χ4v) is 2.60. The van der Waals surface area contributed by atoms with Crippen LogP contribution in [0.2, 0.25) is 0 Å². The van der Waals surface area contributed by atoms with Gasteiger partial charge in [-0.1, -0.05) is 0 Å². The Balaban J connectivity index is 2.34. The number of likely N-dealkylation sites (N-methyl/N-ethyl adjacent to an activating group) is 1. The van der Waals surface area contributed by atoms with E-state index in [0.717, 1.165) is 43.9 Å². The topological polar surface area (TPSA) is 58.8 Å². The first-order chi connectivity index (χ1) is 9.52. The van der Waals surface area contributed by atoms with Crippen LogP contribution in [0.4, 0.5) is 11.4 Å². The van der Waals surface area contributed by atoms with Crippen molar-refractivity contribution < 1.29 is 9.66 Å². The first-order valence-electron chi connectivity index (χ1n) is 6.79. The van der Waals surface area contributed by atoms with Crippen molar-refractivity contribution in [2.45, 2.75) is 13.3 Å². The van der Waals surface area contributed by atoms with E-state index in [1.165, 1.54) is 7.11 Å². The molecule has 0 aromatic heterocycles. The smallest absolute Gasteiger partial charge is 0.311 e. The van der Waals surface area contributed by atoms with E-state index in [9.17, 15) is 10.1 Å². The van der Waals surface area contributed by atoms with Gasteiger partial charge in [0.05, 0.1) is 12.0 Å². The van der Waals surface area contributed by atoms with Crippen molar-refractivity contribution >= 4 is 11.4 Å². The molecular formula is C14H21N3O3. The van der Waals surface area contributed by atoms with Crippen LogP contribution in [0, 0.1) is 17.0 Å². The van der Waals surface area contributed by atoms with E-state index in [0.29, 0.717) is 5.75 Å². The molecule has 20 heavy (non-hydrogen) atoms. The quantitative estimate of drug-likeness (QED) is 0.626. The molecule has 1 aliphatic heterocycles. The summed E-state index contributed by atoms with van der Waals surface area (Å²) in [6, 6.07) is 3.39. The number of methoxy groups -OCH3 is 1. The van der Waals surface area contributed by atoms with Crippen molar-refractivity contribution in [1.29, 1.82) is 0 Å². The van der Waals surface area contributed by atoms with Crippen molar-refractivity contribution in [2.24, 2.45) is 0 Å². The van der Waals surface area contributed by atoms with Crippen LogP contribution in [0.1, 0.15) is 12.0 Å². The lowest BCUT2D eigenvalue weighted by molar-refractivity contribution is -0.385. The number of nitro groups is 1. The molecule has 0 saturated carbocycles. The minimum atomic E-state index is -0.397. The Bertz CT molecular complexity index is 505. The molecule has 1 heterocycles. The molecular weight excluding hydrogens is 258 g/mol. The molecule has 0 spiro atoms. The number of anilines is 1. The molecule has 6 nitrogen and oxygen atoms in total. The highest BCUT2D eigenvalue weighted by Crippen LogP contribution is 2.34. The predicted molar refractivity (Wildman–Crippen MR) is 78.7 cm³/mol. The number of nitro benzene ring substituents is 1. The normalized spacial score (nSPS) is 16.9. The van der Waals surface area contributed by atoms with Crippen LogP contribution in [-0.4, -0.2) is 50.2 Å². The molecule has 0 amide bonds. The van der Waals surface area contributed by atoms with Gasteiger partial charge in [0.2, 0.25) is 0 Å². The third-order valence-electron chi connectivity index (χ3n) is 3.75. The Morgan fingerprint density at radius 3 is 2.65 bits per heavy atom. The Morgan fingerprint density at radius 1 is 1.25 bits per heavy atom. The van der Waals surface area contributed by atoms with Gasteiger partial charge in [0.15, 0.2) is 5.75 Å². The number of hydrogen-bond acceptors (Lipinski definition) is 5. The van der Waals surface area contributed by atoms with Crippen LogP contribution in [0.25, 0.3) is 0 Å². The lowest BCUT2D eigenvalue weighted by Gasteiger charge is -2.25. The van der Waals surface area contributed by atoms with Gasteiger partial charge in [0, 0.05) is 37.5 Å². The maximum absolute atomic E-state index is 11.0. The van der Waals surface area contributed by atoms with Gasteiger partial charge in [-0.15, -0.1) is 0 Å². The molecule has 1 aliphatic rings. The van der Waals surface area contributed by atoms with Crippen molar-refractivity contribution in [2.75, 3.05) is 45.2 Å². The van der Waals surface area contributed by atoms with Crippen molar-refractivity contribution in [1.82, 2.24) is 4.90 Å². The molecule has 0 bridgehead atoms. The molecule has 0 atom stereocenters. The van der Waals surface area contributed by atoms with Crippen LogP contribution < -0.4 is 9.64 Å². The number of nitrogens with zero attached hydrogens (tertiary/aromatic N) is 3. The zero-order valence-electron chi connectivity index (χ0n) is 12.3. The molecule has 2 rings (SSSR count). The summed E-state index contributed by atoms with van der Waals surface area (Å²) in [6.45, 7) is 5.89. The maximum atomic E-state index is 11.0. The van der Waals surface area contributed by atoms with Crippen LogP contribution in [0.3, 0.4) is 0 Å². The highest BCUT2D eigenvalue weighted by atomic mass is 16.6. The van der Waals surface area contributed by atoms with E-state index >= 15 is 0 Å². The fraction of sp³-hybridized carbons (Fsp3) is 0.571. The summed E-state index contributed by atoms with van der Waals surface area (Å²) in [5, 5.41) is 11.0. The fourth-order valence-electron chi connectivity index (χ4n) is 2.60. The molecule has 1 aromatic carbocycles. The summed E-state index contributed by atoms with van der Waals surface area (Å²) in [5.41, 5.74) is 1.98. The summed E-state index contributed by atoms with van der Waals surface area (Å²) in [4.78, 5) is 15.2. The Labute approximate surface area is 119 Å². The van der Waals surface area contributed by atoms with Crippen molar-refractivity contribution in [3.63, 3.8) is 0 Å². The van der Waals surface area contributed by atoms with Gasteiger partial charge >= 0.3 is 5.69 Å². The molecule has 0 aliphatic carbocycles. The number of rotatable bonds is 3. The second-order valence-corrected chi connectivity index (χ2v) is 5.21. The lowest BCUT2D eigenvalue weighted by Crippen LogP contribution is -2.29. The predicted octanol–water partition coefficient (Wildman–Crippen LogP) is 2.05. The van der Waals surface area contributed by atoms with E-state index in [2.05, 4.69) is 16.8 Å². The summed E-state index contributed by atoms with van der Waals surface area (Å²) in [7, 11) is 3.59. The minimum absolute atomic E-state index is 0.0284. The summed E-state index contributed by atoms with van der Waals surface area (Å²) < 4.78 is 5.17. The molecule has 1 aromatic rings. The molecule has 1 saturated heterocycles. The zero-order chi connectivity index (χ0) is 14.7. The Morgan fingerprint density at radius 2 is 2.00 bits per heavy atom. The van der Waals surface area contributed by atoms with E-state index in [-0.39, 0.29) is 5.69 Å². The molecule has 0 unspecified atom stereocenters.